The normalized spacial score (nSPS) is 12.5. The Morgan fingerprint density at radius 3 is 2.76 bits per heavy atom. The second-order valence-electron chi connectivity index (χ2n) is 4.30. The Labute approximate surface area is 102 Å². The largest absolute Gasteiger partial charge is 0.478 e. The zero-order chi connectivity index (χ0) is 12.8. The van der Waals surface area contributed by atoms with E-state index in [0.717, 1.165) is 6.42 Å². The van der Waals surface area contributed by atoms with Crippen LogP contribution in [0.3, 0.4) is 0 Å². The summed E-state index contributed by atoms with van der Waals surface area (Å²) in [5.74, 6) is 0.530. The number of aromatic nitrogens is 2. The van der Waals surface area contributed by atoms with Crippen LogP contribution in [0.4, 0.5) is 0 Å². The van der Waals surface area contributed by atoms with E-state index in [9.17, 15) is 4.79 Å². The Kier molecular flexibility index (Phi) is 5.00. The van der Waals surface area contributed by atoms with Crippen molar-refractivity contribution in [1.29, 1.82) is 0 Å². The molecule has 1 rings (SSSR count). The molecule has 0 radical (unpaired) electrons. The van der Waals surface area contributed by atoms with Crippen molar-refractivity contribution < 1.29 is 9.53 Å². The average Bonchev–Trinajstić information content (AvgIpc) is 2.74. The van der Waals surface area contributed by atoms with Gasteiger partial charge in [-0.25, -0.2) is 0 Å². The van der Waals surface area contributed by atoms with Crippen LogP contribution in [0.15, 0.2) is 12.4 Å². The minimum absolute atomic E-state index is 0.0934. The zero-order valence-corrected chi connectivity index (χ0v) is 10.9. The molecule has 1 unspecified atom stereocenters. The van der Waals surface area contributed by atoms with E-state index < -0.39 is 6.10 Å². The van der Waals surface area contributed by atoms with Gasteiger partial charge in [0, 0.05) is 12.6 Å². The molecule has 0 bridgehead atoms. The third-order valence-corrected chi connectivity index (χ3v) is 2.34. The van der Waals surface area contributed by atoms with E-state index in [1.165, 1.54) is 0 Å². The van der Waals surface area contributed by atoms with Gasteiger partial charge in [-0.1, -0.05) is 6.92 Å². The molecule has 0 fully saturated rings. The van der Waals surface area contributed by atoms with Crippen LogP contribution in [0.1, 0.15) is 40.2 Å². The van der Waals surface area contributed by atoms with Crippen molar-refractivity contribution in [2.24, 2.45) is 0 Å². The van der Waals surface area contributed by atoms with E-state index in [1.807, 2.05) is 20.8 Å². The van der Waals surface area contributed by atoms with Gasteiger partial charge in [0.25, 0.3) is 5.91 Å². The molecule has 0 aliphatic rings. The second kappa shape index (κ2) is 6.27. The Bertz CT molecular complexity index is 360. The number of rotatable bonds is 6. The molecule has 1 aromatic heterocycles. The van der Waals surface area contributed by atoms with Gasteiger partial charge >= 0.3 is 0 Å². The number of amides is 1. The van der Waals surface area contributed by atoms with Crippen molar-refractivity contribution >= 4 is 5.91 Å². The number of nitrogens with one attached hydrogen (secondary N) is 1. The Morgan fingerprint density at radius 1 is 1.53 bits per heavy atom. The van der Waals surface area contributed by atoms with Gasteiger partial charge in [0.2, 0.25) is 0 Å². The van der Waals surface area contributed by atoms with Gasteiger partial charge in [-0.05, 0) is 27.2 Å². The molecule has 1 atom stereocenters. The van der Waals surface area contributed by atoms with Crippen LogP contribution in [0, 0.1) is 0 Å². The third kappa shape index (κ3) is 4.09. The molecule has 0 aromatic carbocycles. The van der Waals surface area contributed by atoms with E-state index in [1.54, 1.807) is 24.0 Å². The van der Waals surface area contributed by atoms with Crippen molar-refractivity contribution in [3.05, 3.63) is 12.4 Å². The van der Waals surface area contributed by atoms with Gasteiger partial charge in [0.15, 0.2) is 11.9 Å². The summed E-state index contributed by atoms with van der Waals surface area (Å²) in [6.45, 7) is 8.50. The molecule has 1 aromatic rings. The summed E-state index contributed by atoms with van der Waals surface area (Å²) in [4.78, 5) is 11.6. The van der Waals surface area contributed by atoms with Crippen LogP contribution in [-0.2, 0) is 4.79 Å². The molecule has 0 saturated heterocycles. The number of carbonyl (C=O) groups excluding carboxylic acids is 1. The number of nitrogens with zero attached hydrogens (tertiary/aromatic N) is 2. The van der Waals surface area contributed by atoms with Crippen LogP contribution in [0.5, 0.6) is 5.75 Å². The maximum absolute atomic E-state index is 11.6. The molecule has 5 heteroatoms. The topological polar surface area (TPSA) is 56.1 Å². The summed E-state index contributed by atoms with van der Waals surface area (Å²) in [5, 5.41) is 6.94. The van der Waals surface area contributed by atoms with Crippen LogP contribution < -0.4 is 10.1 Å². The number of carbonyl (C=O) groups is 1. The van der Waals surface area contributed by atoms with Crippen molar-refractivity contribution in [3.63, 3.8) is 0 Å². The maximum Gasteiger partial charge on any atom is 0.260 e. The van der Waals surface area contributed by atoms with Crippen molar-refractivity contribution in [2.45, 2.75) is 46.3 Å². The minimum atomic E-state index is -0.494. The molecule has 1 amide bonds. The highest BCUT2D eigenvalue weighted by Crippen LogP contribution is 2.13. The van der Waals surface area contributed by atoms with Gasteiger partial charge in [0.05, 0.1) is 12.4 Å². The van der Waals surface area contributed by atoms with Gasteiger partial charge in [-0.2, -0.15) is 5.10 Å². The number of hydrogen-bond acceptors (Lipinski definition) is 3. The second-order valence-corrected chi connectivity index (χ2v) is 4.30. The standard InChI is InChI=1S/C12H21N3O2/c1-5-6-13-12(16)10(4)17-11-7-14-15(8-11)9(2)3/h7-10H,5-6H2,1-4H3,(H,13,16). The summed E-state index contributed by atoms with van der Waals surface area (Å²) < 4.78 is 7.31. The molecular weight excluding hydrogens is 218 g/mol. The minimum Gasteiger partial charge on any atom is -0.478 e. The SMILES string of the molecule is CCCNC(=O)C(C)Oc1cnn(C(C)C)c1. The lowest BCUT2D eigenvalue weighted by Gasteiger charge is -2.12. The Hall–Kier alpha value is -1.52. The first-order valence-electron chi connectivity index (χ1n) is 6.03. The molecule has 0 aliphatic carbocycles. The lowest BCUT2D eigenvalue weighted by molar-refractivity contribution is -0.127. The van der Waals surface area contributed by atoms with Crippen LogP contribution in [0.25, 0.3) is 0 Å². The predicted octanol–water partition coefficient (Wildman–Crippen LogP) is 1.76. The Balaban J connectivity index is 2.49. The summed E-state index contributed by atoms with van der Waals surface area (Å²) >= 11 is 0. The molecule has 96 valence electrons. The fraction of sp³-hybridized carbons (Fsp3) is 0.667. The van der Waals surface area contributed by atoms with Crippen molar-refractivity contribution in [1.82, 2.24) is 15.1 Å². The highest BCUT2D eigenvalue weighted by Gasteiger charge is 2.14. The molecule has 0 spiro atoms. The van der Waals surface area contributed by atoms with E-state index in [0.29, 0.717) is 12.3 Å². The predicted molar refractivity (Wildman–Crippen MR) is 66.0 cm³/mol. The highest BCUT2D eigenvalue weighted by atomic mass is 16.5. The quantitative estimate of drug-likeness (QED) is 0.823. The fourth-order valence-corrected chi connectivity index (χ4v) is 1.31. The molecule has 0 aliphatic heterocycles. The summed E-state index contributed by atoms with van der Waals surface area (Å²) in [7, 11) is 0. The molecule has 5 nitrogen and oxygen atoms in total. The van der Waals surface area contributed by atoms with E-state index in [4.69, 9.17) is 4.74 Å². The van der Waals surface area contributed by atoms with E-state index >= 15 is 0 Å². The summed E-state index contributed by atoms with van der Waals surface area (Å²) in [6.07, 6.45) is 3.85. The Morgan fingerprint density at radius 2 is 2.24 bits per heavy atom. The van der Waals surface area contributed by atoms with E-state index in [2.05, 4.69) is 10.4 Å². The van der Waals surface area contributed by atoms with Crippen molar-refractivity contribution in [2.75, 3.05) is 6.54 Å². The maximum atomic E-state index is 11.6. The molecule has 1 N–H and O–H groups in total. The smallest absolute Gasteiger partial charge is 0.260 e. The monoisotopic (exact) mass is 239 g/mol. The first-order chi connectivity index (χ1) is 8.04. The lowest BCUT2D eigenvalue weighted by atomic mass is 10.3. The van der Waals surface area contributed by atoms with Gasteiger partial charge in [0.1, 0.15) is 0 Å². The van der Waals surface area contributed by atoms with Crippen LogP contribution in [0.2, 0.25) is 0 Å². The number of hydrogen-bond donors (Lipinski definition) is 1. The summed E-state index contributed by atoms with van der Waals surface area (Å²) in [6, 6.07) is 0.288. The average molecular weight is 239 g/mol. The van der Waals surface area contributed by atoms with Crippen molar-refractivity contribution in [3.8, 4) is 5.75 Å². The molecule has 17 heavy (non-hydrogen) atoms. The van der Waals surface area contributed by atoms with Crippen LogP contribution >= 0.6 is 0 Å². The van der Waals surface area contributed by atoms with Gasteiger partial charge in [-0.15, -0.1) is 0 Å². The molecule has 1 heterocycles. The van der Waals surface area contributed by atoms with Crippen LogP contribution in [-0.4, -0.2) is 28.3 Å². The number of ether oxygens (including phenoxy) is 1. The van der Waals surface area contributed by atoms with Gasteiger partial charge in [-0.3, -0.25) is 9.48 Å². The third-order valence-electron chi connectivity index (χ3n) is 2.34. The zero-order valence-electron chi connectivity index (χ0n) is 10.9. The van der Waals surface area contributed by atoms with E-state index in [-0.39, 0.29) is 11.9 Å². The summed E-state index contributed by atoms with van der Waals surface area (Å²) in [5.41, 5.74) is 0. The molecular formula is C12H21N3O2. The molecule has 0 saturated carbocycles. The first kappa shape index (κ1) is 13.5. The first-order valence-corrected chi connectivity index (χ1v) is 6.03. The lowest BCUT2D eigenvalue weighted by Crippen LogP contribution is -2.36. The fourth-order valence-electron chi connectivity index (χ4n) is 1.31. The van der Waals surface area contributed by atoms with Gasteiger partial charge < -0.3 is 10.1 Å². The highest BCUT2D eigenvalue weighted by molar-refractivity contribution is 5.80.